The van der Waals surface area contributed by atoms with Crippen molar-refractivity contribution in [1.82, 2.24) is 10.3 Å². The zero-order chi connectivity index (χ0) is 16.8. The van der Waals surface area contributed by atoms with E-state index >= 15 is 0 Å². The van der Waals surface area contributed by atoms with Crippen LogP contribution in [0.3, 0.4) is 0 Å². The molecule has 118 valence electrons. The van der Waals surface area contributed by atoms with Crippen LogP contribution in [0.1, 0.15) is 11.1 Å². The Morgan fingerprint density at radius 3 is 2.96 bits per heavy atom. The van der Waals surface area contributed by atoms with Crippen LogP contribution in [0.25, 0.3) is 10.9 Å². The lowest BCUT2D eigenvalue weighted by atomic mass is 10.0. The van der Waals surface area contributed by atoms with E-state index in [2.05, 4.69) is 22.9 Å². The number of carbonyl (C=O) groups is 2. The number of rotatable bonds is 6. The van der Waals surface area contributed by atoms with E-state index < -0.39 is 18.1 Å². The molecule has 3 N–H and O–H groups in total. The highest BCUT2D eigenvalue weighted by molar-refractivity contribution is 5.90. The number of carboxylic acid groups (broad SMARTS) is 1. The molecule has 1 aromatic heterocycles. The van der Waals surface area contributed by atoms with E-state index in [1.54, 1.807) is 24.4 Å². The number of carbonyl (C=O) groups excluding carboxylic acids is 1. The van der Waals surface area contributed by atoms with E-state index in [4.69, 9.17) is 4.74 Å². The first kappa shape index (κ1) is 16.1. The van der Waals surface area contributed by atoms with Crippen molar-refractivity contribution in [2.24, 2.45) is 0 Å². The van der Waals surface area contributed by atoms with Gasteiger partial charge in [-0.1, -0.05) is 18.7 Å². The largest absolute Gasteiger partial charge is 0.480 e. The van der Waals surface area contributed by atoms with Crippen molar-refractivity contribution in [3.05, 3.63) is 48.2 Å². The Kier molecular flexibility index (Phi) is 5.00. The SMILES string of the molecule is C=CCOC(=O)N[C@@H](Cc1c[nH]c2cccc(C#N)c12)C(=O)O. The van der Waals surface area contributed by atoms with E-state index in [-0.39, 0.29) is 13.0 Å². The van der Waals surface area contributed by atoms with Crippen LogP contribution in [0.5, 0.6) is 0 Å². The molecule has 7 nitrogen and oxygen atoms in total. The third kappa shape index (κ3) is 3.68. The molecule has 0 fully saturated rings. The minimum atomic E-state index is -1.19. The van der Waals surface area contributed by atoms with Gasteiger partial charge < -0.3 is 20.1 Å². The number of ether oxygens (including phenoxy) is 1. The molecule has 7 heteroatoms. The Morgan fingerprint density at radius 1 is 1.52 bits per heavy atom. The van der Waals surface area contributed by atoms with Gasteiger partial charge in [0.15, 0.2) is 0 Å². The lowest BCUT2D eigenvalue weighted by Crippen LogP contribution is -2.42. The molecule has 0 radical (unpaired) electrons. The molecule has 0 saturated heterocycles. The first-order valence-corrected chi connectivity index (χ1v) is 6.83. The van der Waals surface area contributed by atoms with Crippen LogP contribution >= 0.6 is 0 Å². The van der Waals surface area contributed by atoms with E-state index in [9.17, 15) is 20.0 Å². The first-order chi connectivity index (χ1) is 11.1. The predicted octanol–water partition coefficient (Wildman–Crippen LogP) is 1.95. The molecule has 1 atom stereocenters. The number of nitriles is 1. The quantitative estimate of drug-likeness (QED) is 0.705. The number of amides is 1. The average Bonchev–Trinajstić information content (AvgIpc) is 2.95. The number of aromatic nitrogens is 1. The Labute approximate surface area is 132 Å². The van der Waals surface area contributed by atoms with Crippen molar-refractivity contribution in [3.63, 3.8) is 0 Å². The number of nitrogens with one attached hydrogen (secondary N) is 2. The number of nitrogens with zero attached hydrogens (tertiary/aromatic N) is 1. The van der Waals surface area contributed by atoms with Crippen LogP contribution in [-0.2, 0) is 16.0 Å². The highest BCUT2D eigenvalue weighted by Crippen LogP contribution is 2.23. The van der Waals surface area contributed by atoms with Crippen molar-refractivity contribution in [3.8, 4) is 6.07 Å². The van der Waals surface area contributed by atoms with Crippen LogP contribution in [0, 0.1) is 11.3 Å². The van der Waals surface area contributed by atoms with Gasteiger partial charge in [-0.15, -0.1) is 0 Å². The molecule has 0 unspecified atom stereocenters. The molecular formula is C16H15N3O4. The maximum atomic E-state index is 11.5. The van der Waals surface area contributed by atoms with E-state index in [1.807, 2.05) is 0 Å². The van der Waals surface area contributed by atoms with E-state index in [1.165, 1.54) is 6.08 Å². The molecule has 0 spiro atoms. The van der Waals surface area contributed by atoms with E-state index in [0.29, 0.717) is 16.5 Å². The summed E-state index contributed by atoms with van der Waals surface area (Å²) >= 11 is 0. The molecule has 1 heterocycles. The van der Waals surface area contributed by atoms with Gasteiger partial charge in [0.2, 0.25) is 0 Å². The minimum Gasteiger partial charge on any atom is -0.480 e. The third-order valence-electron chi connectivity index (χ3n) is 3.25. The fourth-order valence-corrected chi connectivity index (χ4v) is 2.25. The Balaban J connectivity index is 2.24. The molecule has 0 bridgehead atoms. The molecule has 1 aromatic carbocycles. The van der Waals surface area contributed by atoms with Crippen LogP contribution in [0.2, 0.25) is 0 Å². The molecule has 2 rings (SSSR count). The van der Waals surface area contributed by atoms with Crippen molar-refractivity contribution in [2.45, 2.75) is 12.5 Å². The second-order valence-electron chi connectivity index (χ2n) is 4.78. The molecule has 0 aliphatic rings. The van der Waals surface area contributed by atoms with Crippen molar-refractivity contribution < 1.29 is 19.4 Å². The third-order valence-corrected chi connectivity index (χ3v) is 3.25. The summed E-state index contributed by atoms with van der Waals surface area (Å²) in [6.45, 7) is 3.39. The topological polar surface area (TPSA) is 115 Å². The summed E-state index contributed by atoms with van der Waals surface area (Å²) in [5.41, 5.74) is 1.81. The number of alkyl carbamates (subject to hydrolysis) is 1. The molecule has 0 aliphatic heterocycles. The highest BCUT2D eigenvalue weighted by atomic mass is 16.5. The first-order valence-electron chi connectivity index (χ1n) is 6.83. The molecule has 0 saturated carbocycles. The Bertz CT molecular complexity index is 788. The Morgan fingerprint density at radius 2 is 2.30 bits per heavy atom. The van der Waals surface area contributed by atoms with Gasteiger partial charge in [0.05, 0.1) is 11.6 Å². The number of benzene rings is 1. The standard InChI is InChI=1S/C16H15N3O4/c1-2-6-23-16(22)19-13(15(20)21)7-11-9-18-12-5-3-4-10(8-17)14(11)12/h2-5,9,13,18H,1,6-7H2,(H,19,22)(H,20,21)/t13-/m0/s1. The van der Waals surface area contributed by atoms with Gasteiger partial charge in [-0.25, -0.2) is 9.59 Å². The minimum absolute atomic E-state index is 0.0101. The molecular weight excluding hydrogens is 298 g/mol. The van der Waals surface area contributed by atoms with Crippen LogP contribution in [0.15, 0.2) is 37.1 Å². The highest BCUT2D eigenvalue weighted by Gasteiger charge is 2.23. The number of hydrogen-bond donors (Lipinski definition) is 3. The fraction of sp³-hybridized carbons (Fsp3) is 0.188. The number of carboxylic acids is 1. The maximum absolute atomic E-state index is 11.5. The maximum Gasteiger partial charge on any atom is 0.408 e. The van der Waals surface area contributed by atoms with Gasteiger partial charge in [-0.05, 0) is 17.7 Å². The second kappa shape index (κ2) is 7.13. The van der Waals surface area contributed by atoms with Crippen LogP contribution < -0.4 is 5.32 Å². The second-order valence-corrected chi connectivity index (χ2v) is 4.78. The molecule has 0 aliphatic carbocycles. The number of aromatic amines is 1. The van der Waals surface area contributed by atoms with Gasteiger partial charge in [0.1, 0.15) is 12.6 Å². The zero-order valence-electron chi connectivity index (χ0n) is 12.2. The summed E-state index contributed by atoms with van der Waals surface area (Å²) in [7, 11) is 0. The normalized spacial score (nSPS) is 11.4. The lowest BCUT2D eigenvalue weighted by molar-refractivity contribution is -0.139. The summed E-state index contributed by atoms with van der Waals surface area (Å²) < 4.78 is 4.73. The molecule has 23 heavy (non-hydrogen) atoms. The van der Waals surface area contributed by atoms with Crippen molar-refractivity contribution >= 4 is 23.0 Å². The average molecular weight is 313 g/mol. The number of hydrogen-bond acceptors (Lipinski definition) is 4. The summed E-state index contributed by atoms with van der Waals surface area (Å²) in [6.07, 6.45) is 2.21. The van der Waals surface area contributed by atoms with Crippen LogP contribution in [-0.4, -0.2) is 34.8 Å². The summed E-state index contributed by atoms with van der Waals surface area (Å²) in [5.74, 6) is -1.19. The summed E-state index contributed by atoms with van der Waals surface area (Å²) in [5, 5.41) is 21.4. The molecule has 1 amide bonds. The van der Waals surface area contributed by atoms with Gasteiger partial charge in [0, 0.05) is 23.5 Å². The molecule has 2 aromatic rings. The fourth-order valence-electron chi connectivity index (χ4n) is 2.25. The van der Waals surface area contributed by atoms with E-state index in [0.717, 1.165) is 5.52 Å². The predicted molar refractivity (Wildman–Crippen MR) is 82.8 cm³/mol. The van der Waals surface area contributed by atoms with Crippen molar-refractivity contribution in [1.29, 1.82) is 5.26 Å². The number of H-pyrrole nitrogens is 1. The Hall–Kier alpha value is -3.27. The van der Waals surface area contributed by atoms with Gasteiger partial charge in [-0.3, -0.25) is 0 Å². The van der Waals surface area contributed by atoms with Gasteiger partial charge >= 0.3 is 12.1 Å². The zero-order valence-corrected chi connectivity index (χ0v) is 12.2. The summed E-state index contributed by atoms with van der Waals surface area (Å²) in [6, 6.07) is 6.09. The summed E-state index contributed by atoms with van der Waals surface area (Å²) in [4.78, 5) is 25.9. The van der Waals surface area contributed by atoms with Gasteiger partial charge in [0.25, 0.3) is 0 Å². The smallest absolute Gasteiger partial charge is 0.408 e. The monoisotopic (exact) mass is 313 g/mol. The number of aliphatic carboxylic acids is 1. The van der Waals surface area contributed by atoms with Crippen LogP contribution in [0.4, 0.5) is 4.79 Å². The van der Waals surface area contributed by atoms with Crippen molar-refractivity contribution in [2.75, 3.05) is 6.61 Å². The lowest BCUT2D eigenvalue weighted by Gasteiger charge is -2.14. The van der Waals surface area contributed by atoms with Gasteiger partial charge in [-0.2, -0.15) is 5.26 Å². The number of fused-ring (bicyclic) bond motifs is 1.